The first-order chi connectivity index (χ1) is 9.52. The number of hydrogen-bond acceptors (Lipinski definition) is 3. The van der Waals surface area contributed by atoms with Crippen LogP contribution in [0.3, 0.4) is 0 Å². The van der Waals surface area contributed by atoms with Gasteiger partial charge in [-0.3, -0.25) is 9.69 Å². The minimum absolute atomic E-state index is 0. The number of likely N-dealkylation sites (tertiary alicyclic amines) is 1. The predicted molar refractivity (Wildman–Crippen MR) is 89.7 cm³/mol. The average molecular weight is 318 g/mol. The molecular formula is C16H32ClN3O. The molecule has 2 rings (SSSR count). The van der Waals surface area contributed by atoms with Crippen LogP contribution < -0.4 is 5.73 Å². The highest BCUT2D eigenvalue weighted by Crippen LogP contribution is 2.28. The maximum absolute atomic E-state index is 12.3. The van der Waals surface area contributed by atoms with Crippen molar-refractivity contribution in [1.82, 2.24) is 9.80 Å². The molecule has 2 N–H and O–H groups in total. The van der Waals surface area contributed by atoms with E-state index in [0.717, 1.165) is 38.5 Å². The molecule has 0 aromatic carbocycles. The summed E-state index contributed by atoms with van der Waals surface area (Å²) >= 11 is 0. The third-order valence-electron chi connectivity index (χ3n) is 5.17. The Morgan fingerprint density at radius 1 is 1.33 bits per heavy atom. The van der Waals surface area contributed by atoms with E-state index < -0.39 is 0 Å². The van der Waals surface area contributed by atoms with Crippen molar-refractivity contribution < 1.29 is 4.79 Å². The maximum atomic E-state index is 12.3. The Balaban J connectivity index is 0.00000220. The van der Waals surface area contributed by atoms with Crippen molar-refractivity contribution in [3.63, 3.8) is 0 Å². The summed E-state index contributed by atoms with van der Waals surface area (Å²) in [7, 11) is 1.97. The largest absolute Gasteiger partial charge is 0.344 e. The van der Waals surface area contributed by atoms with Crippen molar-refractivity contribution >= 4 is 18.3 Å². The van der Waals surface area contributed by atoms with Crippen LogP contribution in [-0.2, 0) is 4.79 Å². The molecule has 0 aromatic heterocycles. The second-order valence-corrected chi connectivity index (χ2v) is 7.25. The van der Waals surface area contributed by atoms with Gasteiger partial charge >= 0.3 is 0 Å². The Morgan fingerprint density at radius 3 is 2.57 bits per heavy atom. The van der Waals surface area contributed by atoms with E-state index >= 15 is 0 Å². The molecule has 1 aliphatic heterocycles. The lowest BCUT2D eigenvalue weighted by Crippen LogP contribution is -2.41. The van der Waals surface area contributed by atoms with E-state index in [1.54, 1.807) is 0 Å². The fraction of sp³-hybridized carbons (Fsp3) is 0.938. The third kappa shape index (κ3) is 5.42. The van der Waals surface area contributed by atoms with Crippen LogP contribution in [0.15, 0.2) is 0 Å². The van der Waals surface area contributed by atoms with Crippen LogP contribution >= 0.6 is 12.4 Å². The SMILES string of the molecule is CN(CC1CCCCC1)C(=O)CN1CCC(C)(CN)C1.Cl. The zero-order valence-corrected chi connectivity index (χ0v) is 14.5. The summed E-state index contributed by atoms with van der Waals surface area (Å²) in [5.41, 5.74) is 6.03. The summed E-state index contributed by atoms with van der Waals surface area (Å²) in [5.74, 6) is 1.00. The van der Waals surface area contributed by atoms with E-state index in [1.807, 2.05) is 11.9 Å². The van der Waals surface area contributed by atoms with Gasteiger partial charge in [-0.1, -0.05) is 26.2 Å². The molecule has 124 valence electrons. The summed E-state index contributed by atoms with van der Waals surface area (Å²) in [6.45, 7) is 6.43. The Labute approximate surface area is 135 Å². The Bertz CT molecular complexity index is 333. The molecule has 5 heteroatoms. The molecule has 0 aromatic rings. The number of amides is 1. The van der Waals surface area contributed by atoms with Crippen molar-refractivity contribution in [2.45, 2.75) is 45.4 Å². The smallest absolute Gasteiger partial charge is 0.236 e. The Kier molecular flexibility index (Phi) is 7.45. The van der Waals surface area contributed by atoms with Crippen LogP contribution in [0.5, 0.6) is 0 Å². The zero-order valence-electron chi connectivity index (χ0n) is 13.6. The number of rotatable bonds is 5. The second-order valence-electron chi connectivity index (χ2n) is 7.25. The molecule has 0 bridgehead atoms. The molecular weight excluding hydrogens is 286 g/mol. The van der Waals surface area contributed by atoms with E-state index in [-0.39, 0.29) is 23.7 Å². The van der Waals surface area contributed by atoms with Crippen molar-refractivity contribution in [1.29, 1.82) is 0 Å². The normalized spacial score (nSPS) is 27.4. The van der Waals surface area contributed by atoms with Gasteiger partial charge in [-0.2, -0.15) is 0 Å². The van der Waals surface area contributed by atoms with Gasteiger partial charge in [0.25, 0.3) is 0 Å². The van der Waals surface area contributed by atoms with Crippen LogP contribution in [-0.4, -0.2) is 55.5 Å². The molecule has 4 nitrogen and oxygen atoms in total. The van der Waals surface area contributed by atoms with Gasteiger partial charge in [-0.15, -0.1) is 12.4 Å². The molecule has 21 heavy (non-hydrogen) atoms. The van der Waals surface area contributed by atoms with Gasteiger partial charge in [0.2, 0.25) is 5.91 Å². The third-order valence-corrected chi connectivity index (χ3v) is 5.17. The predicted octanol–water partition coefficient (Wildman–Crippen LogP) is 2.12. The summed E-state index contributed by atoms with van der Waals surface area (Å²) in [5, 5.41) is 0. The molecule has 1 atom stereocenters. The first kappa shape index (κ1) is 18.7. The van der Waals surface area contributed by atoms with Crippen LogP contribution in [0.25, 0.3) is 0 Å². The fourth-order valence-electron chi connectivity index (χ4n) is 3.60. The molecule has 1 aliphatic carbocycles. The number of halogens is 1. The second kappa shape index (κ2) is 8.35. The molecule has 1 saturated carbocycles. The van der Waals surface area contributed by atoms with Crippen LogP contribution in [0.4, 0.5) is 0 Å². The van der Waals surface area contributed by atoms with Crippen molar-refractivity contribution in [3.05, 3.63) is 0 Å². The highest BCUT2D eigenvalue weighted by molar-refractivity contribution is 5.85. The zero-order chi connectivity index (χ0) is 14.6. The molecule has 2 fully saturated rings. The number of nitrogens with zero attached hydrogens (tertiary/aromatic N) is 2. The van der Waals surface area contributed by atoms with E-state index in [1.165, 1.54) is 32.1 Å². The summed E-state index contributed by atoms with van der Waals surface area (Å²) < 4.78 is 0. The summed E-state index contributed by atoms with van der Waals surface area (Å²) in [6.07, 6.45) is 7.77. The number of carbonyl (C=O) groups excluding carboxylic acids is 1. The maximum Gasteiger partial charge on any atom is 0.236 e. The molecule has 1 unspecified atom stereocenters. The van der Waals surface area contributed by atoms with E-state index in [0.29, 0.717) is 6.54 Å². The molecule has 1 saturated heterocycles. The van der Waals surface area contributed by atoms with Gasteiger partial charge in [0.1, 0.15) is 0 Å². The Hall–Kier alpha value is -0.320. The highest BCUT2D eigenvalue weighted by Gasteiger charge is 2.33. The van der Waals surface area contributed by atoms with E-state index in [2.05, 4.69) is 11.8 Å². The molecule has 0 radical (unpaired) electrons. The van der Waals surface area contributed by atoms with Crippen LogP contribution in [0, 0.1) is 11.3 Å². The lowest BCUT2D eigenvalue weighted by Gasteiger charge is -2.28. The minimum Gasteiger partial charge on any atom is -0.344 e. The first-order valence-electron chi connectivity index (χ1n) is 8.19. The molecule has 1 heterocycles. The quantitative estimate of drug-likeness (QED) is 0.845. The molecule has 1 amide bonds. The van der Waals surface area contributed by atoms with Gasteiger partial charge in [-0.25, -0.2) is 0 Å². The fourth-order valence-corrected chi connectivity index (χ4v) is 3.60. The Morgan fingerprint density at radius 2 is 2.00 bits per heavy atom. The minimum atomic E-state index is 0. The van der Waals surface area contributed by atoms with Gasteiger partial charge < -0.3 is 10.6 Å². The summed E-state index contributed by atoms with van der Waals surface area (Å²) in [6, 6.07) is 0. The average Bonchev–Trinajstić information content (AvgIpc) is 2.82. The summed E-state index contributed by atoms with van der Waals surface area (Å²) in [4.78, 5) is 16.5. The number of carbonyl (C=O) groups is 1. The monoisotopic (exact) mass is 317 g/mol. The van der Waals surface area contributed by atoms with Gasteiger partial charge in [0.05, 0.1) is 6.54 Å². The highest BCUT2D eigenvalue weighted by atomic mass is 35.5. The van der Waals surface area contributed by atoms with Gasteiger partial charge in [0.15, 0.2) is 0 Å². The van der Waals surface area contributed by atoms with Crippen molar-refractivity contribution in [2.75, 3.05) is 39.8 Å². The molecule has 0 spiro atoms. The van der Waals surface area contributed by atoms with Crippen LogP contribution in [0.2, 0.25) is 0 Å². The lowest BCUT2D eigenvalue weighted by molar-refractivity contribution is -0.131. The van der Waals surface area contributed by atoms with E-state index in [4.69, 9.17) is 5.73 Å². The van der Waals surface area contributed by atoms with Gasteiger partial charge in [-0.05, 0) is 43.7 Å². The standard InChI is InChI=1S/C16H31N3O.ClH/c1-16(12-17)8-9-19(13-16)11-15(20)18(2)10-14-6-4-3-5-7-14;/h14H,3-13,17H2,1-2H3;1H. The van der Waals surface area contributed by atoms with Gasteiger partial charge in [0, 0.05) is 20.1 Å². The van der Waals surface area contributed by atoms with Crippen molar-refractivity contribution in [2.24, 2.45) is 17.1 Å². The number of hydrogen-bond donors (Lipinski definition) is 1. The first-order valence-corrected chi connectivity index (χ1v) is 8.19. The number of likely N-dealkylation sites (N-methyl/N-ethyl adjacent to an activating group) is 1. The van der Waals surface area contributed by atoms with Crippen LogP contribution in [0.1, 0.15) is 45.4 Å². The topological polar surface area (TPSA) is 49.6 Å². The molecule has 2 aliphatic rings. The van der Waals surface area contributed by atoms with E-state index in [9.17, 15) is 4.79 Å². The number of nitrogens with two attached hydrogens (primary N) is 1. The van der Waals surface area contributed by atoms with Crippen molar-refractivity contribution in [3.8, 4) is 0 Å². The lowest BCUT2D eigenvalue weighted by atomic mass is 9.89.